The third kappa shape index (κ3) is 4.79. The standard InChI is InChI=1S/C17H24N4O3/c1-12-5-3-4-6-13(12)11-21-8-7-19-17(24)14(21)9-15(22)20-10-16(23)18-2/h3-6,14H,7-11H2,1-2H3,(H,18,23)(H,19,24)(H,20,22)/t14-/m0/s1. The summed E-state index contributed by atoms with van der Waals surface area (Å²) in [6.45, 7) is 3.83. The first-order valence-electron chi connectivity index (χ1n) is 8.05. The Balaban J connectivity index is 2.01. The molecule has 7 nitrogen and oxygen atoms in total. The van der Waals surface area contributed by atoms with E-state index in [1.54, 1.807) is 0 Å². The fraction of sp³-hybridized carbons (Fsp3) is 0.471. The molecular weight excluding hydrogens is 308 g/mol. The average molecular weight is 332 g/mol. The van der Waals surface area contributed by atoms with E-state index < -0.39 is 6.04 Å². The molecule has 24 heavy (non-hydrogen) atoms. The number of nitrogens with one attached hydrogen (secondary N) is 3. The summed E-state index contributed by atoms with van der Waals surface area (Å²) in [5.41, 5.74) is 2.30. The molecule has 0 radical (unpaired) electrons. The first-order chi connectivity index (χ1) is 11.5. The van der Waals surface area contributed by atoms with Crippen LogP contribution < -0.4 is 16.0 Å². The Hall–Kier alpha value is -2.41. The minimum absolute atomic E-state index is 0.0364. The maximum Gasteiger partial charge on any atom is 0.239 e. The van der Waals surface area contributed by atoms with Crippen LogP contribution in [-0.4, -0.2) is 55.3 Å². The van der Waals surface area contributed by atoms with Crippen LogP contribution in [-0.2, 0) is 20.9 Å². The molecule has 1 saturated heterocycles. The van der Waals surface area contributed by atoms with Gasteiger partial charge >= 0.3 is 0 Å². The van der Waals surface area contributed by atoms with Gasteiger partial charge < -0.3 is 16.0 Å². The molecule has 1 atom stereocenters. The number of likely N-dealkylation sites (N-methyl/N-ethyl adjacent to an activating group) is 1. The molecule has 1 aliphatic heterocycles. The highest BCUT2D eigenvalue weighted by molar-refractivity contribution is 5.90. The maximum atomic E-state index is 12.2. The van der Waals surface area contributed by atoms with E-state index in [1.807, 2.05) is 36.1 Å². The summed E-state index contributed by atoms with van der Waals surface area (Å²) in [5, 5.41) is 7.78. The number of nitrogens with zero attached hydrogens (tertiary/aromatic N) is 1. The molecule has 7 heteroatoms. The summed E-state index contributed by atoms with van der Waals surface area (Å²) in [4.78, 5) is 37.5. The number of rotatable bonds is 6. The van der Waals surface area contributed by atoms with Gasteiger partial charge in [0.05, 0.1) is 19.0 Å². The van der Waals surface area contributed by atoms with E-state index in [9.17, 15) is 14.4 Å². The fourth-order valence-corrected chi connectivity index (χ4v) is 2.69. The molecule has 0 bridgehead atoms. The second-order valence-electron chi connectivity index (χ2n) is 5.86. The normalized spacial score (nSPS) is 17.9. The Morgan fingerprint density at radius 3 is 2.75 bits per heavy atom. The molecule has 1 aliphatic rings. The molecule has 3 N–H and O–H groups in total. The third-order valence-electron chi connectivity index (χ3n) is 4.18. The van der Waals surface area contributed by atoms with Gasteiger partial charge in [0, 0.05) is 26.7 Å². The van der Waals surface area contributed by atoms with Crippen molar-refractivity contribution in [3.63, 3.8) is 0 Å². The molecule has 1 aromatic carbocycles. The van der Waals surface area contributed by atoms with E-state index in [4.69, 9.17) is 0 Å². The van der Waals surface area contributed by atoms with Gasteiger partial charge in [-0.1, -0.05) is 24.3 Å². The molecule has 0 spiro atoms. The molecule has 0 saturated carbocycles. The Bertz CT molecular complexity index is 618. The zero-order valence-corrected chi connectivity index (χ0v) is 14.1. The van der Waals surface area contributed by atoms with Crippen LogP contribution >= 0.6 is 0 Å². The second kappa shape index (κ2) is 8.44. The summed E-state index contributed by atoms with van der Waals surface area (Å²) < 4.78 is 0. The molecule has 0 unspecified atom stereocenters. The molecule has 0 aromatic heterocycles. The van der Waals surface area contributed by atoms with Gasteiger partial charge in [0.25, 0.3) is 0 Å². The molecule has 3 amide bonds. The molecule has 130 valence electrons. The van der Waals surface area contributed by atoms with Gasteiger partial charge in [-0.05, 0) is 18.1 Å². The van der Waals surface area contributed by atoms with Crippen molar-refractivity contribution < 1.29 is 14.4 Å². The van der Waals surface area contributed by atoms with E-state index in [1.165, 1.54) is 7.05 Å². The number of carbonyl (C=O) groups excluding carboxylic acids is 3. The van der Waals surface area contributed by atoms with Gasteiger partial charge in [-0.3, -0.25) is 19.3 Å². The average Bonchev–Trinajstić information content (AvgIpc) is 2.57. The van der Waals surface area contributed by atoms with Gasteiger partial charge in [0.15, 0.2) is 0 Å². The molecule has 1 fully saturated rings. The monoisotopic (exact) mass is 332 g/mol. The SMILES string of the molecule is CNC(=O)CNC(=O)C[C@H]1C(=O)NCCN1Cc1ccccc1C. The van der Waals surface area contributed by atoms with Crippen LogP contribution in [0.25, 0.3) is 0 Å². The van der Waals surface area contributed by atoms with E-state index in [-0.39, 0.29) is 30.7 Å². The van der Waals surface area contributed by atoms with Crippen molar-refractivity contribution in [2.24, 2.45) is 0 Å². The number of aryl methyl sites for hydroxylation is 1. The molecule has 2 rings (SSSR count). The van der Waals surface area contributed by atoms with Crippen LogP contribution in [0.1, 0.15) is 17.5 Å². The van der Waals surface area contributed by atoms with Crippen molar-refractivity contribution in [3.05, 3.63) is 35.4 Å². The highest BCUT2D eigenvalue weighted by atomic mass is 16.2. The lowest BCUT2D eigenvalue weighted by molar-refractivity contribution is -0.134. The quantitative estimate of drug-likeness (QED) is 0.658. The summed E-state index contributed by atoms with van der Waals surface area (Å²) >= 11 is 0. The topological polar surface area (TPSA) is 90.5 Å². The number of piperazine rings is 1. The van der Waals surface area contributed by atoms with Gasteiger partial charge in [-0.2, -0.15) is 0 Å². The number of hydrogen-bond donors (Lipinski definition) is 3. The van der Waals surface area contributed by atoms with Crippen molar-refractivity contribution in [2.75, 3.05) is 26.7 Å². The van der Waals surface area contributed by atoms with Crippen molar-refractivity contribution in [1.82, 2.24) is 20.9 Å². The highest BCUT2D eigenvalue weighted by Crippen LogP contribution is 2.16. The minimum atomic E-state index is -0.525. The lowest BCUT2D eigenvalue weighted by Gasteiger charge is -2.35. The number of benzene rings is 1. The zero-order chi connectivity index (χ0) is 17.5. The summed E-state index contributed by atoms with van der Waals surface area (Å²) in [7, 11) is 1.51. The van der Waals surface area contributed by atoms with Crippen LogP contribution in [0, 0.1) is 6.92 Å². The largest absolute Gasteiger partial charge is 0.358 e. The highest BCUT2D eigenvalue weighted by Gasteiger charge is 2.31. The van der Waals surface area contributed by atoms with E-state index in [0.717, 1.165) is 11.1 Å². The Kier molecular flexibility index (Phi) is 6.31. The van der Waals surface area contributed by atoms with Gasteiger partial charge in [-0.15, -0.1) is 0 Å². The summed E-state index contributed by atoms with van der Waals surface area (Å²) in [6.07, 6.45) is 0.0364. The second-order valence-corrected chi connectivity index (χ2v) is 5.86. The van der Waals surface area contributed by atoms with Crippen molar-refractivity contribution in [2.45, 2.75) is 25.9 Å². The summed E-state index contributed by atoms with van der Waals surface area (Å²) in [5.74, 6) is -0.728. The third-order valence-corrected chi connectivity index (χ3v) is 4.18. The smallest absolute Gasteiger partial charge is 0.239 e. The van der Waals surface area contributed by atoms with Crippen molar-refractivity contribution in [1.29, 1.82) is 0 Å². The van der Waals surface area contributed by atoms with Crippen LogP contribution in [0.3, 0.4) is 0 Å². The first kappa shape index (κ1) is 17.9. The lowest BCUT2D eigenvalue weighted by atomic mass is 10.0. The van der Waals surface area contributed by atoms with Crippen LogP contribution in [0.4, 0.5) is 0 Å². The fourth-order valence-electron chi connectivity index (χ4n) is 2.69. The Labute approximate surface area is 141 Å². The zero-order valence-electron chi connectivity index (χ0n) is 14.1. The van der Waals surface area contributed by atoms with Gasteiger partial charge in [-0.25, -0.2) is 0 Å². The molecular formula is C17H24N4O3. The van der Waals surface area contributed by atoms with E-state index >= 15 is 0 Å². The van der Waals surface area contributed by atoms with Gasteiger partial charge in [0.2, 0.25) is 17.7 Å². The Morgan fingerprint density at radius 2 is 2.04 bits per heavy atom. The van der Waals surface area contributed by atoms with E-state index in [2.05, 4.69) is 16.0 Å². The number of amides is 3. The predicted octanol–water partition coefficient (Wildman–Crippen LogP) is -0.452. The lowest BCUT2D eigenvalue weighted by Crippen LogP contribution is -2.56. The van der Waals surface area contributed by atoms with Crippen LogP contribution in [0.5, 0.6) is 0 Å². The van der Waals surface area contributed by atoms with E-state index in [0.29, 0.717) is 19.6 Å². The maximum absolute atomic E-state index is 12.2. The van der Waals surface area contributed by atoms with Crippen molar-refractivity contribution >= 4 is 17.7 Å². The van der Waals surface area contributed by atoms with Gasteiger partial charge in [0.1, 0.15) is 0 Å². The first-order valence-corrected chi connectivity index (χ1v) is 8.05. The van der Waals surface area contributed by atoms with Crippen LogP contribution in [0.2, 0.25) is 0 Å². The minimum Gasteiger partial charge on any atom is -0.358 e. The molecule has 1 aromatic rings. The molecule has 0 aliphatic carbocycles. The number of carbonyl (C=O) groups is 3. The van der Waals surface area contributed by atoms with Crippen molar-refractivity contribution in [3.8, 4) is 0 Å². The van der Waals surface area contributed by atoms with Crippen LogP contribution in [0.15, 0.2) is 24.3 Å². The summed E-state index contributed by atoms with van der Waals surface area (Å²) in [6, 6.07) is 7.49. The molecule has 1 heterocycles. The number of hydrogen-bond acceptors (Lipinski definition) is 4. The Morgan fingerprint density at radius 1 is 1.29 bits per heavy atom. The predicted molar refractivity (Wildman–Crippen MR) is 90.1 cm³/mol.